The summed E-state index contributed by atoms with van der Waals surface area (Å²) in [5, 5.41) is 6.14. The Morgan fingerprint density at radius 3 is 2.85 bits per heavy atom. The third-order valence-electron chi connectivity index (χ3n) is 3.22. The third kappa shape index (κ3) is 3.50. The summed E-state index contributed by atoms with van der Waals surface area (Å²) in [6.45, 7) is 1.68. The molecule has 0 radical (unpaired) electrons. The van der Waals surface area contributed by atoms with E-state index in [4.69, 9.17) is 15.9 Å². The number of ether oxygens (including phenoxy) is 2. The van der Waals surface area contributed by atoms with Crippen LogP contribution in [0.5, 0.6) is 5.75 Å². The van der Waals surface area contributed by atoms with Crippen LogP contribution in [0.15, 0.2) is 24.3 Å². The molecule has 0 saturated carbocycles. The zero-order valence-electron chi connectivity index (χ0n) is 11.4. The maximum Gasteiger partial charge on any atom is 0.251 e. The Bertz CT molecular complexity index is 493. The first-order valence-electron chi connectivity index (χ1n) is 6.45. The van der Waals surface area contributed by atoms with E-state index < -0.39 is 0 Å². The molecule has 1 aromatic carbocycles. The van der Waals surface area contributed by atoms with Crippen LogP contribution >= 0.6 is 0 Å². The van der Waals surface area contributed by atoms with Gasteiger partial charge < -0.3 is 20.1 Å². The number of hydrogen-bond acceptors (Lipinski definition) is 4. The SMILES string of the molecule is C#CCOc1ccc(C(=O)NC2CNC[C@@H]2OC)cc1. The molecule has 1 unspecified atom stereocenters. The smallest absolute Gasteiger partial charge is 0.251 e. The lowest BCUT2D eigenvalue weighted by Gasteiger charge is -2.18. The van der Waals surface area contributed by atoms with Gasteiger partial charge in [-0.15, -0.1) is 6.42 Å². The summed E-state index contributed by atoms with van der Waals surface area (Å²) in [5.74, 6) is 2.92. The number of rotatable bonds is 5. The first kappa shape index (κ1) is 14.4. The Morgan fingerprint density at radius 1 is 1.45 bits per heavy atom. The van der Waals surface area contributed by atoms with Crippen LogP contribution in [-0.2, 0) is 4.74 Å². The first-order chi connectivity index (χ1) is 9.74. The van der Waals surface area contributed by atoms with Crippen molar-refractivity contribution in [3.8, 4) is 18.1 Å². The third-order valence-corrected chi connectivity index (χ3v) is 3.22. The molecule has 5 heteroatoms. The molecule has 2 atom stereocenters. The molecule has 106 valence electrons. The second-order valence-electron chi connectivity index (χ2n) is 4.53. The summed E-state index contributed by atoms with van der Waals surface area (Å²) in [4.78, 5) is 12.1. The van der Waals surface area contributed by atoms with E-state index in [2.05, 4.69) is 16.6 Å². The van der Waals surface area contributed by atoms with E-state index in [-0.39, 0.29) is 24.7 Å². The molecule has 1 fully saturated rings. The highest BCUT2D eigenvalue weighted by Gasteiger charge is 2.28. The quantitative estimate of drug-likeness (QED) is 0.764. The van der Waals surface area contributed by atoms with Gasteiger partial charge in [-0.2, -0.15) is 0 Å². The van der Waals surface area contributed by atoms with Crippen LogP contribution in [0.25, 0.3) is 0 Å². The molecule has 5 nitrogen and oxygen atoms in total. The maximum atomic E-state index is 12.1. The fraction of sp³-hybridized carbons (Fsp3) is 0.400. The first-order valence-corrected chi connectivity index (χ1v) is 6.45. The molecule has 1 aliphatic heterocycles. The largest absolute Gasteiger partial charge is 0.481 e. The van der Waals surface area contributed by atoms with Crippen molar-refractivity contribution in [2.45, 2.75) is 12.1 Å². The van der Waals surface area contributed by atoms with Crippen molar-refractivity contribution in [1.82, 2.24) is 10.6 Å². The fourth-order valence-corrected chi connectivity index (χ4v) is 2.13. The van der Waals surface area contributed by atoms with E-state index >= 15 is 0 Å². The van der Waals surface area contributed by atoms with Crippen molar-refractivity contribution in [1.29, 1.82) is 0 Å². The molecular formula is C15H18N2O3. The van der Waals surface area contributed by atoms with Gasteiger partial charge in [-0.05, 0) is 24.3 Å². The van der Waals surface area contributed by atoms with Crippen molar-refractivity contribution in [2.75, 3.05) is 26.8 Å². The highest BCUT2D eigenvalue weighted by Crippen LogP contribution is 2.13. The van der Waals surface area contributed by atoms with Crippen LogP contribution in [-0.4, -0.2) is 44.9 Å². The number of nitrogens with one attached hydrogen (secondary N) is 2. The average Bonchev–Trinajstić information content (AvgIpc) is 2.92. The van der Waals surface area contributed by atoms with Crippen LogP contribution < -0.4 is 15.4 Å². The van der Waals surface area contributed by atoms with Crippen LogP contribution in [0.2, 0.25) is 0 Å². The van der Waals surface area contributed by atoms with Gasteiger partial charge in [0.15, 0.2) is 0 Å². The average molecular weight is 274 g/mol. The number of methoxy groups -OCH3 is 1. The van der Waals surface area contributed by atoms with E-state index in [1.807, 2.05) is 0 Å². The molecule has 1 saturated heterocycles. The van der Waals surface area contributed by atoms with Gasteiger partial charge in [0.2, 0.25) is 0 Å². The topological polar surface area (TPSA) is 59.6 Å². The summed E-state index contributed by atoms with van der Waals surface area (Å²) in [7, 11) is 1.65. The molecule has 0 bridgehead atoms. The summed E-state index contributed by atoms with van der Waals surface area (Å²) < 4.78 is 10.6. The summed E-state index contributed by atoms with van der Waals surface area (Å²) in [5.41, 5.74) is 0.583. The lowest BCUT2D eigenvalue weighted by atomic mass is 10.1. The highest BCUT2D eigenvalue weighted by molar-refractivity contribution is 5.94. The molecule has 0 aromatic heterocycles. The van der Waals surface area contributed by atoms with Crippen molar-refractivity contribution in [3.63, 3.8) is 0 Å². The van der Waals surface area contributed by atoms with E-state index in [1.54, 1.807) is 31.4 Å². The Morgan fingerprint density at radius 2 is 2.20 bits per heavy atom. The van der Waals surface area contributed by atoms with Gasteiger partial charge in [0.1, 0.15) is 12.4 Å². The number of terminal acetylenes is 1. The monoisotopic (exact) mass is 274 g/mol. The van der Waals surface area contributed by atoms with Crippen molar-refractivity contribution in [2.24, 2.45) is 0 Å². The standard InChI is InChI=1S/C15H18N2O3/c1-3-8-20-12-6-4-11(5-7-12)15(18)17-13-9-16-10-14(13)19-2/h1,4-7,13-14,16H,8-10H2,2H3,(H,17,18)/t13?,14-/m0/s1. The Balaban J connectivity index is 1.94. The Kier molecular flexibility index (Phi) is 4.99. The van der Waals surface area contributed by atoms with Crippen LogP contribution in [0, 0.1) is 12.3 Å². The van der Waals surface area contributed by atoms with Gasteiger partial charge in [0.05, 0.1) is 12.1 Å². The van der Waals surface area contributed by atoms with Crippen LogP contribution in [0.3, 0.4) is 0 Å². The second kappa shape index (κ2) is 6.94. The molecule has 0 spiro atoms. The normalized spacial score (nSPS) is 21.2. The van der Waals surface area contributed by atoms with E-state index in [9.17, 15) is 4.79 Å². The van der Waals surface area contributed by atoms with Gasteiger partial charge in [-0.25, -0.2) is 0 Å². The predicted octanol–water partition coefficient (Wildman–Crippen LogP) is 0.415. The molecule has 1 aromatic rings. The Labute approximate surface area is 118 Å². The van der Waals surface area contributed by atoms with Crippen molar-refractivity contribution < 1.29 is 14.3 Å². The lowest BCUT2D eigenvalue weighted by Crippen LogP contribution is -2.43. The van der Waals surface area contributed by atoms with E-state index in [0.717, 1.165) is 6.54 Å². The van der Waals surface area contributed by atoms with Crippen molar-refractivity contribution >= 4 is 5.91 Å². The van der Waals surface area contributed by atoms with E-state index in [1.165, 1.54) is 0 Å². The van der Waals surface area contributed by atoms with Gasteiger partial charge in [0.25, 0.3) is 5.91 Å². The molecule has 1 amide bonds. The van der Waals surface area contributed by atoms with E-state index in [0.29, 0.717) is 17.9 Å². The summed E-state index contributed by atoms with van der Waals surface area (Å²) in [6.07, 6.45) is 5.13. The molecule has 20 heavy (non-hydrogen) atoms. The minimum Gasteiger partial charge on any atom is -0.481 e. The number of carbonyl (C=O) groups is 1. The second-order valence-corrected chi connectivity index (χ2v) is 4.53. The molecule has 0 aliphatic carbocycles. The number of hydrogen-bond donors (Lipinski definition) is 2. The number of amides is 1. The van der Waals surface area contributed by atoms with Gasteiger partial charge in [-0.3, -0.25) is 4.79 Å². The summed E-state index contributed by atoms with van der Waals surface area (Å²) >= 11 is 0. The van der Waals surface area contributed by atoms with Gasteiger partial charge in [-0.1, -0.05) is 5.92 Å². The molecular weight excluding hydrogens is 256 g/mol. The van der Waals surface area contributed by atoms with Crippen LogP contribution in [0.4, 0.5) is 0 Å². The number of benzene rings is 1. The molecule has 2 rings (SSSR count). The van der Waals surface area contributed by atoms with Gasteiger partial charge >= 0.3 is 0 Å². The molecule has 1 aliphatic rings. The minimum atomic E-state index is -0.121. The van der Waals surface area contributed by atoms with Crippen molar-refractivity contribution in [3.05, 3.63) is 29.8 Å². The maximum absolute atomic E-state index is 12.1. The minimum absolute atomic E-state index is 0.00938. The predicted molar refractivity (Wildman–Crippen MR) is 75.7 cm³/mol. The van der Waals surface area contributed by atoms with Crippen LogP contribution in [0.1, 0.15) is 10.4 Å². The zero-order valence-corrected chi connectivity index (χ0v) is 11.4. The number of carbonyl (C=O) groups excluding carboxylic acids is 1. The lowest BCUT2D eigenvalue weighted by molar-refractivity contribution is 0.0780. The molecule has 2 N–H and O–H groups in total. The highest BCUT2D eigenvalue weighted by atomic mass is 16.5. The van der Waals surface area contributed by atoms with Gasteiger partial charge in [0, 0.05) is 25.8 Å². The zero-order chi connectivity index (χ0) is 14.4. The summed E-state index contributed by atoms with van der Waals surface area (Å²) in [6, 6.07) is 6.88. The fourth-order valence-electron chi connectivity index (χ4n) is 2.13. The Hall–Kier alpha value is -2.03. The molecule has 1 heterocycles.